The molecular formula is C14H15F3N4O. The normalized spacial score (nSPS) is 11.3. The van der Waals surface area contributed by atoms with Crippen LogP contribution in [0, 0.1) is 6.92 Å². The summed E-state index contributed by atoms with van der Waals surface area (Å²) in [5.74, 6) is 0.171. The molecule has 0 radical (unpaired) electrons. The highest BCUT2D eigenvalue weighted by Crippen LogP contribution is 2.38. The van der Waals surface area contributed by atoms with Gasteiger partial charge in [-0.1, -0.05) is 0 Å². The van der Waals surface area contributed by atoms with Gasteiger partial charge in [0.25, 0.3) is 0 Å². The molecule has 0 spiro atoms. The minimum absolute atomic E-state index is 0.125. The Morgan fingerprint density at radius 2 is 2.05 bits per heavy atom. The molecule has 0 aliphatic heterocycles. The zero-order chi connectivity index (χ0) is 16.3. The average molecular weight is 312 g/mol. The summed E-state index contributed by atoms with van der Waals surface area (Å²) >= 11 is 0. The fourth-order valence-electron chi connectivity index (χ4n) is 1.76. The summed E-state index contributed by atoms with van der Waals surface area (Å²) in [7, 11) is 0. The van der Waals surface area contributed by atoms with Crippen molar-refractivity contribution in [3.63, 3.8) is 0 Å². The van der Waals surface area contributed by atoms with Crippen LogP contribution in [0.4, 0.5) is 30.6 Å². The standard InChI is InChI=1S/C14H15F3N4O/c1-3-22-11-5-4-9(6-10(11)14(15,16)17)20-13-19-7-8(2)12(18)21-13/h4-7H,3H2,1-2H3,(H3,18,19,20,21). The number of nitrogens with two attached hydrogens (primary N) is 1. The molecule has 0 atom stereocenters. The van der Waals surface area contributed by atoms with Crippen LogP contribution in [0.1, 0.15) is 18.1 Å². The first-order valence-electron chi connectivity index (χ1n) is 6.51. The minimum atomic E-state index is -4.52. The van der Waals surface area contributed by atoms with Crippen LogP contribution < -0.4 is 15.8 Å². The maximum Gasteiger partial charge on any atom is 0.420 e. The third-order valence-corrected chi connectivity index (χ3v) is 2.85. The molecule has 0 aliphatic rings. The highest BCUT2D eigenvalue weighted by atomic mass is 19.4. The van der Waals surface area contributed by atoms with Crippen LogP contribution in [0.3, 0.4) is 0 Å². The Balaban J connectivity index is 2.33. The first-order valence-corrected chi connectivity index (χ1v) is 6.51. The molecule has 0 unspecified atom stereocenters. The Morgan fingerprint density at radius 3 is 2.64 bits per heavy atom. The van der Waals surface area contributed by atoms with Gasteiger partial charge in [0.2, 0.25) is 5.95 Å². The van der Waals surface area contributed by atoms with Gasteiger partial charge in [0.15, 0.2) is 0 Å². The van der Waals surface area contributed by atoms with Gasteiger partial charge in [-0.25, -0.2) is 4.98 Å². The topological polar surface area (TPSA) is 73.1 Å². The Morgan fingerprint density at radius 1 is 1.32 bits per heavy atom. The van der Waals surface area contributed by atoms with Crippen LogP contribution in [0.25, 0.3) is 0 Å². The van der Waals surface area contributed by atoms with E-state index >= 15 is 0 Å². The van der Waals surface area contributed by atoms with Gasteiger partial charge in [-0.05, 0) is 32.0 Å². The molecule has 1 aromatic carbocycles. The monoisotopic (exact) mass is 312 g/mol. The number of nitrogen functional groups attached to an aromatic ring is 1. The van der Waals surface area contributed by atoms with Crippen molar-refractivity contribution in [2.24, 2.45) is 0 Å². The highest BCUT2D eigenvalue weighted by molar-refractivity contribution is 5.59. The summed E-state index contributed by atoms with van der Waals surface area (Å²) in [4.78, 5) is 7.93. The Kier molecular flexibility index (Phi) is 4.39. The average Bonchev–Trinajstić information content (AvgIpc) is 2.44. The fraction of sp³-hybridized carbons (Fsp3) is 0.286. The van der Waals surface area contributed by atoms with Crippen LogP contribution in [0.5, 0.6) is 5.75 Å². The largest absolute Gasteiger partial charge is 0.493 e. The molecular weight excluding hydrogens is 297 g/mol. The van der Waals surface area contributed by atoms with Crippen molar-refractivity contribution >= 4 is 17.5 Å². The second-order valence-corrected chi connectivity index (χ2v) is 4.53. The summed E-state index contributed by atoms with van der Waals surface area (Å²) < 4.78 is 44.2. The molecule has 1 aromatic heterocycles. The van der Waals surface area contributed by atoms with Crippen molar-refractivity contribution in [2.75, 3.05) is 17.7 Å². The van der Waals surface area contributed by atoms with Crippen LogP contribution in [-0.2, 0) is 6.18 Å². The number of aryl methyl sites for hydroxylation is 1. The van der Waals surface area contributed by atoms with Gasteiger partial charge < -0.3 is 15.8 Å². The quantitative estimate of drug-likeness (QED) is 0.903. The lowest BCUT2D eigenvalue weighted by Gasteiger charge is -2.15. The van der Waals surface area contributed by atoms with Crippen LogP contribution >= 0.6 is 0 Å². The smallest absolute Gasteiger partial charge is 0.420 e. The first-order chi connectivity index (χ1) is 10.3. The number of nitrogens with zero attached hydrogens (tertiary/aromatic N) is 2. The van der Waals surface area contributed by atoms with Crippen molar-refractivity contribution in [1.82, 2.24) is 9.97 Å². The second kappa shape index (κ2) is 6.08. The number of halogens is 3. The zero-order valence-electron chi connectivity index (χ0n) is 12.0. The van der Waals surface area contributed by atoms with Gasteiger partial charge in [-0.2, -0.15) is 18.2 Å². The SMILES string of the molecule is CCOc1ccc(Nc2ncc(C)c(N)n2)cc1C(F)(F)F. The van der Waals surface area contributed by atoms with Gasteiger partial charge >= 0.3 is 6.18 Å². The maximum atomic E-state index is 13.0. The number of ether oxygens (including phenoxy) is 1. The van der Waals surface area contributed by atoms with E-state index in [4.69, 9.17) is 10.5 Å². The van der Waals surface area contributed by atoms with Crippen molar-refractivity contribution in [2.45, 2.75) is 20.0 Å². The number of hydrogen-bond acceptors (Lipinski definition) is 5. The third kappa shape index (κ3) is 3.57. The molecule has 5 nitrogen and oxygen atoms in total. The van der Waals surface area contributed by atoms with E-state index in [0.29, 0.717) is 5.56 Å². The molecule has 3 N–H and O–H groups in total. The van der Waals surface area contributed by atoms with Crippen molar-refractivity contribution < 1.29 is 17.9 Å². The molecule has 0 aliphatic carbocycles. The van der Waals surface area contributed by atoms with Crippen molar-refractivity contribution in [3.05, 3.63) is 35.5 Å². The fourth-order valence-corrected chi connectivity index (χ4v) is 1.76. The van der Waals surface area contributed by atoms with Crippen LogP contribution in [0.15, 0.2) is 24.4 Å². The van der Waals surface area contributed by atoms with Gasteiger partial charge in [0.05, 0.1) is 12.2 Å². The summed E-state index contributed by atoms with van der Waals surface area (Å²) in [6.07, 6.45) is -3.03. The lowest BCUT2D eigenvalue weighted by atomic mass is 10.1. The summed E-state index contributed by atoms with van der Waals surface area (Å²) in [5.41, 5.74) is 5.67. The van der Waals surface area contributed by atoms with E-state index in [2.05, 4.69) is 15.3 Å². The number of hydrogen-bond donors (Lipinski definition) is 2. The van der Waals surface area contributed by atoms with Crippen LogP contribution in [0.2, 0.25) is 0 Å². The number of aromatic nitrogens is 2. The van der Waals surface area contributed by atoms with E-state index in [9.17, 15) is 13.2 Å². The molecule has 0 amide bonds. The summed E-state index contributed by atoms with van der Waals surface area (Å²) in [6.45, 7) is 3.50. The molecule has 0 bridgehead atoms. The van der Waals surface area contributed by atoms with Gasteiger partial charge in [0.1, 0.15) is 11.6 Å². The number of nitrogens with one attached hydrogen (secondary N) is 1. The molecule has 0 fully saturated rings. The summed E-state index contributed by atoms with van der Waals surface area (Å²) in [6, 6.07) is 3.66. The Hall–Kier alpha value is -2.51. The molecule has 2 rings (SSSR count). The van der Waals surface area contributed by atoms with Gasteiger partial charge in [-0.15, -0.1) is 0 Å². The predicted molar refractivity (Wildman–Crippen MR) is 77.1 cm³/mol. The van der Waals surface area contributed by atoms with Crippen LogP contribution in [-0.4, -0.2) is 16.6 Å². The number of rotatable bonds is 4. The van der Waals surface area contributed by atoms with E-state index in [1.807, 2.05) is 0 Å². The molecule has 118 valence electrons. The third-order valence-electron chi connectivity index (χ3n) is 2.85. The van der Waals surface area contributed by atoms with E-state index < -0.39 is 11.7 Å². The molecule has 2 aromatic rings. The predicted octanol–water partition coefficient (Wildman–Crippen LogP) is 3.53. The van der Waals surface area contributed by atoms with Crippen molar-refractivity contribution in [1.29, 1.82) is 0 Å². The Labute approximate surface area is 125 Å². The van der Waals surface area contributed by atoms with E-state index in [1.165, 1.54) is 18.3 Å². The van der Waals surface area contributed by atoms with E-state index in [0.717, 1.165) is 6.07 Å². The highest BCUT2D eigenvalue weighted by Gasteiger charge is 2.34. The zero-order valence-corrected chi connectivity index (χ0v) is 12.0. The van der Waals surface area contributed by atoms with E-state index in [1.54, 1.807) is 13.8 Å². The molecule has 0 saturated heterocycles. The lowest BCUT2D eigenvalue weighted by Crippen LogP contribution is -2.10. The van der Waals surface area contributed by atoms with E-state index in [-0.39, 0.29) is 29.8 Å². The van der Waals surface area contributed by atoms with Gasteiger partial charge in [-0.3, -0.25) is 0 Å². The molecule has 1 heterocycles. The molecule has 22 heavy (non-hydrogen) atoms. The first kappa shape index (κ1) is 15.9. The maximum absolute atomic E-state index is 13.0. The molecule has 8 heteroatoms. The second-order valence-electron chi connectivity index (χ2n) is 4.53. The van der Waals surface area contributed by atoms with Gasteiger partial charge in [0, 0.05) is 17.4 Å². The molecule has 0 saturated carbocycles. The number of benzene rings is 1. The minimum Gasteiger partial charge on any atom is -0.493 e. The lowest BCUT2D eigenvalue weighted by molar-refractivity contribution is -0.138. The number of anilines is 3. The summed E-state index contributed by atoms with van der Waals surface area (Å²) in [5, 5.41) is 2.70. The number of alkyl halides is 3. The Bertz CT molecular complexity index is 674. The van der Waals surface area contributed by atoms with Crippen molar-refractivity contribution in [3.8, 4) is 5.75 Å².